The predicted octanol–water partition coefficient (Wildman–Crippen LogP) is 6.50. The molecule has 0 saturated carbocycles. The van der Waals surface area contributed by atoms with E-state index in [-0.39, 0.29) is 18.3 Å². The Hall–Kier alpha value is -2.87. The maximum atomic E-state index is 13.2. The molecule has 0 saturated heterocycles. The van der Waals surface area contributed by atoms with Crippen LogP contribution in [-0.2, 0) is 18.7 Å². The molecule has 0 aliphatic heterocycles. The van der Waals surface area contributed by atoms with E-state index in [0.717, 1.165) is 17.5 Å². The monoisotopic (exact) mass is 514 g/mol. The van der Waals surface area contributed by atoms with Gasteiger partial charge in [-0.25, -0.2) is 4.39 Å². The Morgan fingerprint density at radius 2 is 1.71 bits per heavy atom. The highest BCUT2D eigenvalue weighted by Crippen LogP contribution is 2.31. The van der Waals surface area contributed by atoms with Crippen molar-refractivity contribution in [2.45, 2.75) is 30.8 Å². The molecule has 0 aliphatic carbocycles. The fraction of sp³-hybridized carbons (Fsp3) is 0.160. The topological polar surface area (TPSA) is 59.8 Å². The van der Waals surface area contributed by atoms with Crippen LogP contribution in [0.1, 0.15) is 34.2 Å². The van der Waals surface area contributed by atoms with Crippen LogP contribution in [0.15, 0.2) is 71.9 Å². The van der Waals surface area contributed by atoms with E-state index in [9.17, 15) is 9.18 Å². The van der Waals surface area contributed by atoms with Crippen molar-refractivity contribution in [2.24, 2.45) is 0 Å². The lowest BCUT2D eigenvalue weighted by atomic mass is 10.1. The SMILES string of the molecule is CCc1ccc(C(=O)NCc2nnc(SCc3ccc(F)cc3)n2-c2cc(Cl)ccc2Cl)cc1. The Kier molecular flexibility index (Phi) is 7.88. The number of hydrogen-bond donors (Lipinski definition) is 1. The van der Waals surface area contributed by atoms with Crippen LogP contribution < -0.4 is 5.32 Å². The molecule has 0 fully saturated rings. The van der Waals surface area contributed by atoms with Crippen LogP contribution in [-0.4, -0.2) is 20.7 Å². The maximum absolute atomic E-state index is 13.2. The summed E-state index contributed by atoms with van der Waals surface area (Å²) >= 11 is 14.1. The molecule has 0 aliphatic rings. The first kappa shape index (κ1) is 24.3. The number of nitrogens with zero attached hydrogens (tertiary/aromatic N) is 3. The molecular weight excluding hydrogens is 494 g/mol. The van der Waals surface area contributed by atoms with Gasteiger partial charge in [-0.3, -0.25) is 9.36 Å². The summed E-state index contributed by atoms with van der Waals surface area (Å²) in [5.41, 5.74) is 3.27. The number of hydrogen-bond acceptors (Lipinski definition) is 4. The van der Waals surface area contributed by atoms with Gasteiger partial charge in [0.05, 0.1) is 17.3 Å². The largest absolute Gasteiger partial charge is 0.345 e. The molecule has 0 spiro atoms. The van der Waals surface area contributed by atoms with Gasteiger partial charge in [0.2, 0.25) is 0 Å². The zero-order valence-electron chi connectivity index (χ0n) is 18.3. The third-order valence-corrected chi connectivity index (χ3v) is 6.72. The van der Waals surface area contributed by atoms with Gasteiger partial charge in [0, 0.05) is 16.3 Å². The highest BCUT2D eigenvalue weighted by molar-refractivity contribution is 7.98. The Balaban J connectivity index is 1.59. The lowest BCUT2D eigenvalue weighted by Crippen LogP contribution is -2.24. The van der Waals surface area contributed by atoms with E-state index in [1.165, 1.54) is 23.9 Å². The number of carbonyl (C=O) groups excluding carboxylic acids is 1. The second kappa shape index (κ2) is 11.0. The van der Waals surface area contributed by atoms with Gasteiger partial charge in [-0.15, -0.1) is 10.2 Å². The molecule has 4 aromatic rings. The Morgan fingerprint density at radius 1 is 1.00 bits per heavy atom. The smallest absolute Gasteiger partial charge is 0.251 e. The number of halogens is 3. The van der Waals surface area contributed by atoms with Crippen LogP contribution in [0.2, 0.25) is 10.0 Å². The maximum Gasteiger partial charge on any atom is 0.251 e. The molecule has 1 aromatic heterocycles. The minimum Gasteiger partial charge on any atom is -0.345 e. The van der Waals surface area contributed by atoms with Crippen LogP contribution in [0.25, 0.3) is 5.69 Å². The van der Waals surface area contributed by atoms with Crippen molar-refractivity contribution in [1.82, 2.24) is 20.1 Å². The van der Waals surface area contributed by atoms with Crippen molar-refractivity contribution in [1.29, 1.82) is 0 Å². The summed E-state index contributed by atoms with van der Waals surface area (Å²) in [5.74, 6) is 0.552. The zero-order chi connectivity index (χ0) is 24.1. The van der Waals surface area contributed by atoms with Crippen LogP contribution in [0.4, 0.5) is 4.39 Å². The first-order valence-corrected chi connectivity index (χ1v) is 12.3. The van der Waals surface area contributed by atoms with Gasteiger partial charge < -0.3 is 5.32 Å². The van der Waals surface area contributed by atoms with Crippen LogP contribution in [0, 0.1) is 5.82 Å². The van der Waals surface area contributed by atoms with Crippen molar-refractivity contribution in [3.05, 3.63) is 105 Å². The third kappa shape index (κ3) is 5.78. The normalized spacial score (nSPS) is 10.9. The number of aromatic nitrogens is 3. The molecule has 5 nitrogen and oxygen atoms in total. The highest BCUT2D eigenvalue weighted by atomic mass is 35.5. The number of thioether (sulfide) groups is 1. The zero-order valence-corrected chi connectivity index (χ0v) is 20.6. The fourth-order valence-electron chi connectivity index (χ4n) is 3.29. The van der Waals surface area contributed by atoms with E-state index in [1.807, 2.05) is 12.1 Å². The van der Waals surface area contributed by atoms with Crippen LogP contribution >= 0.6 is 35.0 Å². The van der Waals surface area contributed by atoms with Gasteiger partial charge in [-0.05, 0) is 60.0 Å². The summed E-state index contributed by atoms with van der Waals surface area (Å²) in [6.45, 7) is 2.20. The molecule has 0 bridgehead atoms. The van der Waals surface area contributed by atoms with E-state index < -0.39 is 0 Å². The average molecular weight is 515 g/mol. The van der Waals surface area contributed by atoms with Crippen LogP contribution in [0.3, 0.4) is 0 Å². The van der Waals surface area contributed by atoms with Gasteiger partial charge in [-0.2, -0.15) is 0 Å². The van der Waals surface area contributed by atoms with Gasteiger partial charge in [0.1, 0.15) is 5.82 Å². The molecule has 1 amide bonds. The van der Waals surface area contributed by atoms with E-state index in [0.29, 0.717) is 38.0 Å². The van der Waals surface area contributed by atoms with Crippen molar-refractivity contribution in [3.8, 4) is 5.69 Å². The summed E-state index contributed by atoms with van der Waals surface area (Å²) < 4.78 is 15.0. The van der Waals surface area contributed by atoms with Crippen LogP contribution in [0.5, 0.6) is 0 Å². The van der Waals surface area contributed by atoms with Crippen molar-refractivity contribution < 1.29 is 9.18 Å². The Labute approximate surface area is 211 Å². The molecule has 3 aromatic carbocycles. The molecule has 174 valence electrons. The molecule has 1 N–H and O–H groups in total. The second-order valence-electron chi connectivity index (χ2n) is 7.48. The average Bonchev–Trinajstić information content (AvgIpc) is 3.26. The molecular formula is C25H21Cl2FN4OS. The molecule has 0 atom stereocenters. The Bertz CT molecular complexity index is 1290. The lowest BCUT2D eigenvalue weighted by molar-refractivity contribution is 0.0949. The van der Waals surface area contributed by atoms with Gasteiger partial charge in [-0.1, -0.05) is 66.2 Å². The van der Waals surface area contributed by atoms with Crippen molar-refractivity contribution >= 4 is 40.9 Å². The van der Waals surface area contributed by atoms with Crippen molar-refractivity contribution in [3.63, 3.8) is 0 Å². The van der Waals surface area contributed by atoms with E-state index >= 15 is 0 Å². The number of aryl methyl sites for hydroxylation is 1. The number of carbonyl (C=O) groups is 1. The highest BCUT2D eigenvalue weighted by Gasteiger charge is 2.18. The summed E-state index contributed by atoms with van der Waals surface area (Å²) in [6, 6.07) is 18.9. The standard InChI is InChI=1S/C25H21Cl2FN4OS/c1-2-16-3-7-18(8-4-16)24(33)29-14-23-30-31-25(34-15-17-5-10-20(28)11-6-17)32(23)22-13-19(26)9-12-21(22)27/h3-13H,2,14-15H2,1H3,(H,29,33). The minimum absolute atomic E-state index is 0.140. The lowest BCUT2D eigenvalue weighted by Gasteiger charge is -2.13. The minimum atomic E-state index is -0.287. The molecule has 9 heteroatoms. The quantitative estimate of drug-likeness (QED) is 0.272. The predicted molar refractivity (Wildman–Crippen MR) is 134 cm³/mol. The number of benzene rings is 3. The molecule has 34 heavy (non-hydrogen) atoms. The van der Waals surface area contributed by atoms with Gasteiger partial charge >= 0.3 is 0 Å². The van der Waals surface area contributed by atoms with Crippen molar-refractivity contribution in [2.75, 3.05) is 0 Å². The number of rotatable bonds is 8. The first-order chi connectivity index (χ1) is 16.4. The molecule has 0 radical (unpaired) electrons. The molecule has 1 heterocycles. The third-order valence-electron chi connectivity index (χ3n) is 5.16. The van der Waals surface area contributed by atoms with E-state index in [1.54, 1.807) is 47.0 Å². The Morgan fingerprint density at radius 3 is 2.41 bits per heavy atom. The molecule has 0 unspecified atom stereocenters. The summed E-state index contributed by atoms with van der Waals surface area (Å²) in [6.07, 6.45) is 0.907. The first-order valence-electron chi connectivity index (χ1n) is 10.6. The van der Waals surface area contributed by atoms with E-state index in [2.05, 4.69) is 22.4 Å². The summed E-state index contributed by atoms with van der Waals surface area (Å²) in [4.78, 5) is 12.7. The van der Waals surface area contributed by atoms with Gasteiger partial charge in [0.15, 0.2) is 11.0 Å². The fourth-order valence-corrected chi connectivity index (χ4v) is 4.58. The summed E-state index contributed by atoms with van der Waals surface area (Å²) in [5, 5.41) is 13.1. The number of nitrogens with one attached hydrogen (secondary N) is 1. The number of amides is 1. The summed E-state index contributed by atoms with van der Waals surface area (Å²) in [7, 11) is 0. The molecule has 4 rings (SSSR count). The second-order valence-corrected chi connectivity index (χ2v) is 9.26. The van der Waals surface area contributed by atoms with Gasteiger partial charge in [0.25, 0.3) is 5.91 Å². The van der Waals surface area contributed by atoms with E-state index in [4.69, 9.17) is 23.2 Å².